The fraction of sp³-hybridized carbons (Fsp3) is 0.529. The zero-order valence-electron chi connectivity index (χ0n) is 13.4. The molecule has 0 radical (unpaired) electrons. The first kappa shape index (κ1) is 18.2. The van der Waals surface area contributed by atoms with E-state index in [1.807, 2.05) is 27.1 Å². The molecular weight excluding hydrogens is 278 g/mol. The van der Waals surface area contributed by atoms with Crippen molar-refractivity contribution in [2.45, 2.75) is 30.7 Å². The average molecular weight is 308 g/mol. The first-order chi connectivity index (χ1) is 9.93. The lowest BCUT2D eigenvalue weighted by Gasteiger charge is -2.10. The van der Waals surface area contributed by atoms with E-state index in [-0.39, 0.29) is 6.04 Å². The van der Waals surface area contributed by atoms with E-state index in [0.29, 0.717) is 0 Å². The Hall–Kier alpha value is -0.810. The highest BCUT2D eigenvalue weighted by atomic mass is 32.1. The number of nitrogens with two attached hydrogens (primary N) is 2. The van der Waals surface area contributed by atoms with Gasteiger partial charge in [0.2, 0.25) is 0 Å². The Morgan fingerprint density at radius 1 is 1.38 bits per heavy atom. The van der Waals surface area contributed by atoms with Crippen LogP contribution in [0.4, 0.5) is 0 Å². The minimum atomic E-state index is 0.0657. The number of hydrogen-bond acceptors (Lipinski definition) is 4. The number of nitrogens with zero attached hydrogens (tertiary/aromatic N) is 1. The molecule has 3 nitrogen and oxygen atoms in total. The van der Waals surface area contributed by atoms with Crippen LogP contribution in [0.25, 0.3) is 6.08 Å². The molecule has 1 fully saturated rings. The van der Waals surface area contributed by atoms with Gasteiger partial charge >= 0.3 is 0 Å². The molecular formula is C17H29N3S. The lowest BCUT2D eigenvalue weighted by atomic mass is 10.0. The van der Waals surface area contributed by atoms with Crippen molar-refractivity contribution in [2.24, 2.45) is 17.4 Å². The summed E-state index contributed by atoms with van der Waals surface area (Å²) in [6, 6.07) is 6.23. The number of thiol groups is 1. The van der Waals surface area contributed by atoms with Crippen LogP contribution in [0.3, 0.4) is 0 Å². The van der Waals surface area contributed by atoms with Gasteiger partial charge in [-0.1, -0.05) is 18.2 Å². The predicted molar refractivity (Wildman–Crippen MR) is 95.7 cm³/mol. The minimum Gasteiger partial charge on any atom is -0.329 e. The zero-order chi connectivity index (χ0) is 15.8. The Kier molecular flexibility index (Phi) is 8.04. The molecule has 118 valence electrons. The largest absolute Gasteiger partial charge is 0.329 e. The zero-order valence-corrected chi connectivity index (χ0v) is 14.3. The molecule has 2 rings (SSSR count). The number of benzene rings is 1. The molecule has 0 saturated heterocycles. The predicted octanol–water partition coefficient (Wildman–Crippen LogP) is 2.92. The van der Waals surface area contributed by atoms with Crippen LogP contribution in [0.5, 0.6) is 0 Å². The number of allylic oxidation sites excluding steroid dienone is 1. The maximum Gasteiger partial charge on any atom is 0.0272 e. The summed E-state index contributed by atoms with van der Waals surface area (Å²) in [5.74, 6) is 0.807. The molecule has 1 saturated carbocycles. The maximum absolute atomic E-state index is 5.94. The summed E-state index contributed by atoms with van der Waals surface area (Å²) in [4.78, 5) is 3.03. The topological polar surface area (TPSA) is 55.3 Å². The van der Waals surface area contributed by atoms with E-state index in [1.54, 1.807) is 0 Å². The number of rotatable bonds is 5. The van der Waals surface area contributed by atoms with Crippen molar-refractivity contribution in [3.05, 3.63) is 35.4 Å². The average Bonchev–Trinajstić information content (AvgIpc) is 3.21. The third-order valence-corrected chi connectivity index (χ3v) is 3.59. The fourth-order valence-electron chi connectivity index (χ4n) is 1.89. The standard InChI is InChI=1S/C13H17NS.C4H12N2/c1-9(14)13-8-12(15)7-6-11(13)5-4-10-2-3-10;1-6(2)4-3-5/h4-10,15H,2-3,14H2,1H3;3-5H2,1-2H3/b5-4+;/t9-;/m1./s1. The molecule has 4 N–H and O–H groups in total. The van der Waals surface area contributed by atoms with E-state index in [4.69, 9.17) is 11.5 Å². The van der Waals surface area contributed by atoms with Crippen molar-refractivity contribution < 1.29 is 0 Å². The molecule has 0 heterocycles. The molecule has 1 atom stereocenters. The van der Waals surface area contributed by atoms with Crippen LogP contribution in [-0.4, -0.2) is 32.1 Å². The second kappa shape index (κ2) is 9.26. The van der Waals surface area contributed by atoms with Gasteiger partial charge in [0, 0.05) is 24.0 Å². The van der Waals surface area contributed by atoms with Crippen LogP contribution in [0, 0.1) is 5.92 Å². The highest BCUT2D eigenvalue weighted by Gasteiger charge is 2.17. The molecule has 21 heavy (non-hydrogen) atoms. The summed E-state index contributed by atoms with van der Waals surface area (Å²) >= 11 is 4.34. The minimum absolute atomic E-state index is 0.0657. The van der Waals surface area contributed by atoms with Gasteiger partial charge in [-0.25, -0.2) is 0 Å². The van der Waals surface area contributed by atoms with Crippen molar-refractivity contribution in [1.82, 2.24) is 4.90 Å². The normalized spacial score (nSPS) is 16.0. The Balaban J connectivity index is 0.000000315. The molecule has 0 aliphatic heterocycles. The van der Waals surface area contributed by atoms with Crippen molar-refractivity contribution in [2.75, 3.05) is 27.2 Å². The van der Waals surface area contributed by atoms with Gasteiger partial charge in [-0.15, -0.1) is 12.6 Å². The van der Waals surface area contributed by atoms with E-state index < -0.39 is 0 Å². The lowest BCUT2D eigenvalue weighted by Crippen LogP contribution is -2.20. The molecule has 0 bridgehead atoms. The van der Waals surface area contributed by atoms with Gasteiger partial charge in [0.15, 0.2) is 0 Å². The molecule has 0 amide bonds. The van der Waals surface area contributed by atoms with Crippen molar-refractivity contribution in [1.29, 1.82) is 0 Å². The SMILES string of the molecule is CN(C)CCN.C[C@@H](N)c1cc(S)ccc1/C=C/C1CC1. The molecule has 1 aromatic rings. The van der Waals surface area contributed by atoms with E-state index in [1.165, 1.54) is 24.0 Å². The first-order valence-corrected chi connectivity index (χ1v) is 8.00. The Labute approximate surface area is 134 Å². The van der Waals surface area contributed by atoms with Gasteiger partial charge in [-0.2, -0.15) is 0 Å². The van der Waals surface area contributed by atoms with E-state index in [0.717, 1.165) is 23.9 Å². The van der Waals surface area contributed by atoms with E-state index in [9.17, 15) is 0 Å². The van der Waals surface area contributed by atoms with Gasteiger partial charge in [-0.3, -0.25) is 0 Å². The summed E-state index contributed by atoms with van der Waals surface area (Å²) in [5.41, 5.74) is 13.5. The summed E-state index contributed by atoms with van der Waals surface area (Å²) in [7, 11) is 4.01. The van der Waals surface area contributed by atoms with Crippen LogP contribution >= 0.6 is 12.6 Å². The van der Waals surface area contributed by atoms with Gasteiger partial charge in [0.25, 0.3) is 0 Å². The second-order valence-electron chi connectivity index (χ2n) is 5.89. The fourth-order valence-corrected chi connectivity index (χ4v) is 2.11. The van der Waals surface area contributed by atoms with Gasteiger partial charge in [0.1, 0.15) is 0 Å². The first-order valence-electron chi connectivity index (χ1n) is 7.55. The quantitative estimate of drug-likeness (QED) is 0.733. The molecule has 0 unspecified atom stereocenters. The third-order valence-electron chi connectivity index (χ3n) is 3.31. The molecule has 4 heteroatoms. The van der Waals surface area contributed by atoms with Gasteiger partial charge in [0.05, 0.1) is 0 Å². The Morgan fingerprint density at radius 2 is 2.05 bits per heavy atom. The molecule has 0 aromatic heterocycles. The maximum atomic E-state index is 5.94. The number of likely N-dealkylation sites (N-methyl/N-ethyl adjacent to an activating group) is 1. The highest BCUT2D eigenvalue weighted by Crippen LogP contribution is 2.31. The van der Waals surface area contributed by atoms with Crippen LogP contribution in [0.2, 0.25) is 0 Å². The molecule has 1 aromatic carbocycles. The van der Waals surface area contributed by atoms with Crippen LogP contribution in [0.15, 0.2) is 29.2 Å². The summed E-state index contributed by atoms with van der Waals surface area (Å²) < 4.78 is 0. The van der Waals surface area contributed by atoms with Crippen molar-refractivity contribution >= 4 is 18.7 Å². The Morgan fingerprint density at radius 3 is 2.48 bits per heavy atom. The van der Waals surface area contributed by atoms with Crippen LogP contribution in [-0.2, 0) is 0 Å². The lowest BCUT2D eigenvalue weighted by molar-refractivity contribution is 0.420. The monoisotopic (exact) mass is 307 g/mol. The van der Waals surface area contributed by atoms with Crippen molar-refractivity contribution in [3.8, 4) is 0 Å². The molecule has 1 aliphatic carbocycles. The van der Waals surface area contributed by atoms with Crippen LogP contribution in [0.1, 0.15) is 36.9 Å². The van der Waals surface area contributed by atoms with E-state index in [2.05, 4.69) is 41.8 Å². The Bertz CT molecular complexity index is 451. The summed E-state index contributed by atoms with van der Waals surface area (Å²) in [6.45, 7) is 3.75. The second-order valence-corrected chi connectivity index (χ2v) is 6.41. The van der Waals surface area contributed by atoms with Crippen LogP contribution < -0.4 is 11.5 Å². The van der Waals surface area contributed by atoms with Gasteiger partial charge in [-0.05, 0) is 63.0 Å². The summed E-state index contributed by atoms with van der Waals surface area (Å²) in [6.07, 6.45) is 7.17. The molecule has 1 aliphatic rings. The smallest absolute Gasteiger partial charge is 0.0272 e. The number of hydrogen-bond donors (Lipinski definition) is 3. The highest BCUT2D eigenvalue weighted by molar-refractivity contribution is 7.80. The molecule has 0 spiro atoms. The van der Waals surface area contributed by atoms with Gasteiger partial charge < -0.3 is 16.4 Å². The van der Waals surface area contributed by atoms with Crippen molar-refractivity contribution in [3.63, 3.8) is 0 Å². The van der Waals surface area contributed by atoms with E-state index >= 15 is 0 Å². The summed E-state index contributed by atoms with van der Waals surface area (Å²) in [5, 5.41) is 0. The third kappa shape index (κ3) is 7.67.